The van der Waals surface area contributed by atoms with Gasteiger partial charge in [-0.1, -0.05) is 26.0 Å². The van der Waals surface area contributed by atoms with Gasteiger partial charge in [-0.2, -0.15) is 5.26 Å². The van der Waals surface area contributed by atoms with Crippen molar-refractivity contribution in [2.75, 3.05) is 37.6 Å². The minimum atomic E-state index is -0.284. The molecular weight excluding hydrogens is 312 g/mol. The topological polar surface area (TPSA) is 59.4 Å². The van der Waals surface area contributed by atoms with E-state index in [1.54, 1.807) is 6.20 Å². The molecule has 0 saturated carbocycles. The van der Waals surface area contributed by atoms with Gasteiger partial charge in [-0.05, 0) is 37.0 Å². The molecule has 5 heteroatoms. The van der Waals surface area contributed by atoms with E-state index in [2.05, 4.69) is 47.2 Å². The highest BCUT2D eigenvalue weighted by atomic mass is 16.1. The SMILES string of the molecule is Cc1cccc(N2CCN(/C=C(/C#N)C(=O)NCC(C)C)CC2)c1C. The Kier molecular flexibility index (Phi) is 6.46. The number of carbonyl (C=O) groups is 1. The smallest absolute Gasteiger partial charge is 0.263 e. The number of carbonyl (C=O) groups excluding carboxylic acids is 1. The monoisotopic (exact) mass is 340 g/mol. The molecule has 0 bridgehead atoms. The standard InChI is InChI=1S/C20H28N4O/c1-15(2)13-22-20(25)18(12-21)14-23-8-10-24(11-9-23)19-7-5-6-16(3)17(19)4/h5-7,14-15H,8-11,13H2,1-4H3,(H,22,25)/b18-14-. The normalized spacial score (nSPS) is 15.3. The number of amides is 1. The molecule has 0 aliphatic carbocycles. The fourth-order valence-electron chi connectivity index (χ4n) is 2.88. The zero-order valence-corrected chi connectivity index (χ0v) is 15.7. The summed E-state index contributed by atoms with van der Waals surface area (Å²) < 4.78 is 0. The van der Waals surface area contributed by atoms with Gasteiger partial charge in [0.1, 0.15) is 11.6 Å². The van der Waals surface area contributed by atoms with Crippen molar-refractivity contribution in [1.29, 1.82) is 5.26 Å². The Morgan fingerprint density at radius 2 is 1.96 bits per heavy atom. The van der Waals surface area contributed by atoms with Gasteiger partial charge in [0, 0.05) is 44.6 Å². The minimum Gasteiger partial charge on any atom is -0.373 e. The van der Waals surface area contributed by atoms with Crippen LogP contribution in [0.1, 0.15) is 25.0 Å². The van der Waals surface area contributed by atoms with E-state index in [1.807, 2.05) is 19.9 Å². The van der Waals surface area contributed by atoms with Crippen molar-refractivity contribution in [1.82, 2.24) is 10.2 Å². The summed E-state index contributed by atoms with van der Waals surface area (Å²) in [5.41, 5.74) is 4.07. The fraction of sp³-hybridized carbons (Fsp3) is 0.500. The number of anilines is 1. The van der Waals surface area contributed by atoms with Crippen LogP contribution >= 0.6 is 0 Å². The van der Waals surface area contributed by atoms with E-state index in [1.165, 1.54) is 16.8 Å². The number of nitriles is 1. The van der Waals surface area contributed by atoms with Crippen LogP contribution in [0.3, 0.4) is 0 Å². The third-order valence-corrected chi connectivity index (χ3v) is 4.58. The molecule has 1 aliphatic rings. The van der Waals surface area contributed by atoms with E-state index >= 15 is 0 Å². The van der Waals surface area contributed by atoms with Gasteiger partial charge < -0.3 is 15.1 Å². The fourth-order valence-corrected chi connectivity index (χ4v) is 2.88. The lowest BCUT2D eigenvalue weighted by molar-refractivity contribution is -0.117. The Morgan fingerprint density at radius 3 is 2.56 bits per heavy atom. The number of benzene rings is 1. The first-order valence-corrected chi connectivity index (χ1v) is 8.87. The molecule has 2 rings (SSSR count). The Bertz CT molecular complexity index is 679. The summed E-state index contributed by atoms with van der Waals surface area (Å²) in [6.07, 6.45) is 1.70. The Balaban J connectivity index is 1.98. The van der Waals surface area contributed by atoms with Crippen LogP contribution in [-0.2, 0) is 4.79 Å². The number of nitrogens with zero attached hydrogens (tertiary/aromatic N) is 3. The maximum absolute atomic E-state index is 12.1. The maximum Gasteiger partial charge on any atom is 0.263 e. The predicted octanol–water partition coefficient (Wildman–Crippen LogP) is 2.61. The minimum absolute atomic E-state index is 0.181. The Morgan fingerprint density at radius 1 is 1.28 bits per heavy atom. The molecule has 1 aromatic rings. The molecule has 1 saturated heterocycles. The van der Waals surface area contributed by atoms with Crippen LogP contribution in [0.15, 0.2) is 30.0 Å². The van der Waals surface area contributed by atoms with Gasteiger partial charge >= 0.3 is 0 Å². The van der Waals surface area contributed by atoms with E-state index in [9.17, 15) is 10.1 Å². The van der Waals surface area contributed by atoms with Gasteiger partial charge in [-0.3, -0.25) is 4.79 Å². The van der Waals surface area contributed by atoms with Crippen molar-refractivity contribution in [2.45, 2.75) is 27.7 Å². The summed E-state index contributed by atoms with van der Waals surface area (Å²) in [6.45, 7) is 12.3. The molecule has 0 aromatic heterocycles. The van der Waals surface area contributed by atoms with Crippen LogP contribution in [-0.4, -0.2) is 43.5 Å². The Hall–Kier alpha value is -2.48. The summed E-state index contributed by atoms with van der Waals surface area (Å²) >= 11 is 0. The van der Waals surface area contributed by atoms with Crippen molar-refractivity contribution in [2.24, 2.45) is 5.92 Å². The van der Waals surface area contributed by atoms with Crippen molar-refractivity contribution in [3.05, 3.63) is 41.1 Å². The zero-order chi connectivity index (χ0) is 18.4. The molecule has 0 unspecified atom stereocenters. The van der Waals surface area contributed by atoms with E-state index in [4.69, 9.17) is 0 Å². The van der Waals surface area contributed by atoms with E-state index in [0.717, 1.165) is 26.2 Å². The highest BCUT2D eigenvalue weighted by Gasteiger charge is 2.19. The van der Waals surface area contributed by atoms with E-state index < -0.39 is 0 Å². The molecule has 0 spiro atoms. The number of hydrogen-bond donors (Lipinski definition) is 1. The van der Waals surface area contributed by atoms with Crippen LogP contribution in [0, 0.1) is 31.1 Å². The molecule has 5 nitrogen and oxygen atoms in total. The van der Waals surface area contributed by atoms with Crippen molar-refractivity contribution in [3.63, 3.8) is 0 Å². The molecule has 1 aliphatic heterocycles. The molecule has 1 amide bonds. The van der Waals surface area contributed by atoms with Gasteiger partial charge in [0.2, 0.25) is 0 Å². The third-order valence-electron chi connectivity index (χ3n) is 4.58. The molecule has 1 aromatic carbocycles. The molecule has 0 atom stereocenters. The first-order valence-electron chi connectivity index (χ1n) is 8.87. The second-order valence-corrected chi connectivity index (χ2v) is 7.00. The molecule has 1 heterocycles. The van der Waals surface area contributed by atoms with E-state index in [0.29, 0.717) is 12.5 Å². The number of rotatable bonds is 5. The molecule has 1 fully saturated rings. The van der Waals surface area contributed by atoms with Gasteiger partial charge in [-0.25, -0.2) is 0 Å². The zero-order valence-electron chi connectivity index (χ0n) is 15.7. The maximum atomic E-state index is 12.1. The molecule has 134 valence electrons. The summed E-state index contributed by atoms with van der Waals surface area (Å²) in [6, 6.07) is 8.41. The van der Waals surface area contributed by atoms with E-state index in [-0.39, 0.29) is 11.5 Å². The van der Waals surface area contributed by atoms with Gasteiger partial charge in [0.25, 0.3) is 5.91 Å². The third kappa shape index (κ3) is 4.99. The van der Waals surface area contributed by atoms with Crippen LogP contribution in [0.4, 0.5) is 5.69 Å². The van der Waals surface area contributed by atoms with Crippen LogP contribution in [0.25, 0.3) is 0 Å². The number of hydrogen-bond acceptors (Lipinski definition) is 4. The highest BCUT2D eigenvalue weighted by Crippen LogP contribution is 2.24. The lowest BCUT2D eigenvalue weighted by Gasteiger charge is -2.36. The Labute approximate surface area is 150 Å². The highest BCUT2D eigenvalue weighted by molar-refractivity contribution is 5.97. The van der Waals surface area contributed by atoms with Crippen LogP contribution in [0.2, 0.25) is 0 Å². The molecule has 0 radical (unpaired) electrons. The van der Waals surface area contributed by atoms with Crippen molar-refractivity contribution < 1.29 is 4.79 Å². The van der Waals surface area contributed by atoms with Gasteiger partial charge in [0.15, 0.2) is 0 Å². The molecular formula is C20H28N4O. The average molecular weight is 340 g/mol. The summed E-state index contributed by atoms with van der Waals surface area (Å²) in [5, 5.41) is 12.1. The van der Waals surface area contributed by atoms with Crippen LogP contribution in [0.5, 0.6) is 0 Å². The summed E-state index contributed by atoms with van der Waals surface area (Å²) in [4.78, 5) is 16.5. The lowest BCUT2D eigenvalue weighted by Crippen LogP contribution is -2.44. The second kappa shape index (κ2) is 8.57. The van der Waals surface area contributed by atoms with Gasteiger partial charge in [-0.15, -0.1) is 0 Å². The number of piperazine rings is 1. The lowest BCUT2D eigenvalue weighted by atomic mass is 10.1. The predicted molar refractivity (Wildman–Crippen MR) is 101 cm³/mol. The number of nitrogens with one attached hydrogen (secondary N) is 1. The second-order valence-electron chi connectivity index (χ2n) is 7.00. The largest absolute Gasteiger partial charge is 0.373 e. The molecule has 1 N–H and O–H groups in total. The quantitative estimate of drug-likeness (QED) is 0.661. The van der Waals surface area contributed by atoms with Crippen LogP contribution < -0.4 is 10.2 Å². The molecule has 25 heavy (non-hydrogen) atoms. The first-order chi connectivity index (χ1) is 11.9. The van der Waals surface area contributed by atoms with Gasteiger partial charge in [0.05, 0.1) is 0 Å². The van der Waals surface area contributed by atoms with Crippen molar-refractivity contribution >= 4 is 11.6 Å². The van der Waals surface area contributed by atoms with Crippen molar-refractivity contribution in [3.8, 4) is 6.07 Å². The number of aryl methyl sites for hydroxylation is 1. The first kappa shape index (κ1) is 18.9. The average Bonchev–Trinajstić information content (AvgIpc) is 2.60. The summed E-state index contributed by atoms with van der Waals surface area (Å²) in [7, 11) is 0. The summed E-state index contributed by atoms with van der Waals surface area (Å²) in [5.74, 6) is 0.0816.